The Hall–Kier alpha value is -1.42. The summed E-state index contributed by atoms with van der Waals surface area (Å²) in [4.78, 5) is 11.3. The van der Waals surface area contributed by atoms with Gasteiger partial charge in [0.05, 0.1) is 16.4 Å². The lowest BCUT2D eigenvalue weighted by molar-refractivity contribution is -0.118. The summed E-state index contributed by atoms with van der Waals surface area (Å²) in [5.41, 5.74) is 1.53. The maximum Gasteiger partial charge on any atom is 0.262 e. The zero-order chi connectivity index (χ0) is 15.0. The second-order valence-corrected chi connectivity index (χ2v) is 6.68. The molecule has 5 heteroatoms. The third kappa shape index (κ3) is 3.10. The molecule has 1 aliphatic carbocycles. The van der Waals surface area contributed by atoms with Gasteiger partial charge in [-0.3, -0.25) is 4.79 Å². The number of hydrogen-bond donors (Lipinski definition) is 2. The van der Waals surface area contributed by atoms with Crippen molar-refractivity contribution < 1.29 is 9.53 Å². The standard InChI is InChI=1S/C16H21ClN2O2/c1-9-3-4-11(5-10(9)2)18-13-7-15-14(6-12(13)17)19-16(20)8-21-15/h6-7,9-11,18H,3-5,8H2,1-2H3,(H,19,20). The molecular weight excluding hydrogens is 288 g/mol. The van der Waals surface area contributed by atoms with Crippen LogP contribution in [0.2, 0.25) is 5.02 Å². The number of benzene rings is 1. The number of fused-ring (bicyclic) bond motifs is 1. The predicted octanol–water partition coefficient (Wildman–Crippen LogP) is 3.91. The van der Waals surface area contributed by atoms with E-state index in [4.69, 9.17) is 16.3 Å². The van der Waals surface area contributed by atoms with Crippen LogP contribution in [0.4, 0.5) is 11.4 Å². The SMILES string of the molecule is CC1CCC(Nc2cc3c(cc2Cl)NC(=O)CO3)CC1C. The summed E-state index contributed by atoms with van der Waals surface area (Å²) in [7, 11) is 0. The van der Waals surface area contributed by atoms with E-state index in [0.29, 0.717) is 22.5 Å². The molecule has 0 aromatic heterocycles. The van der Waals surface area contributed by atoms with E-state index in [2.05, 4.69) is 24.5 Å². The van der Waals surface area contributed by atoms with Gasteiger partial charge in [0.2, 0.25) is 0 Å². The molecule has 3 rings (SSSR count). The van der Waals surface area contributed by atoms with E-state index in [9.17, 15) is 4.79 Å². The Balaban J connectivity index is 1.75. The Morgan fingerprint density at radius 3 is 2.86 bits per heavy atom. The van der Waals surface area contributed by atoms with E-state index in [0.717, 1.165) is 30.4 Å². The lowest BCUT2D eigenvalue weighted by Gasteiger charge is -2.33. The smallest absolute Gasteiger partial charge is 0.262 e. The van der Waals surface area contributed by atoms with E-state index in [1.165, 1.54) is 6.42 Å². The number of halogens is 1. The van der Waals surface area contributed by atoms with Gasteiger partial charge in [-0.05, 0) is 37.2 Å². The van der Waals surface area contributed by atoms with Crippen LogP contribution in [0, 0.1) is 11.8 Å². The first-order chi connectivity index (χ1) is 10.0. The third-order valence-corrected chi connectivity index (χ3v) is 4.97. The molecule has 0 saturated heterocycles. The minimum atomic E-state index is -0.144. The Labute approximate surface area is 130 Å². The van der Waals surface area contributed by atoms with Gasteiger partial charge in [0, 0.05) is 12.1 Å². The summed E-state index contributed by atoms with van der Waals surface area (Å²) in [6, 6.07) is 4.09. The quantitative estimate of drug-likeness (QED) is 0.871. The van der Waals surface area contributed by atoms with Crippen molar-refractivity contribution in [1.82, 2.24) is 0 Å². The van der Waals surface area contributed by atoms with Crippen molar-refractivity contribution in [3.05, 3.63) is 17.2 Å². The van der Waals surface area contributed by atoms with Gasteiger partial charge in [-0.2, -0.15) is 0 Å². The number of hydrogen-bond acceptors (Lipinski definition) is 3. The number of anilines is 2. The number of nitrogens with one attached hydrogen (secondary N) is 2. The van der Waals surface area contributed by atoms with Crippen LogP contribution in [-0.2, 0) is 4.79 Å². The highest BCUT2D eigenvalue weighted by molar-refractivity contribution is 6.33. The Bertz CT molecular complexity index is 561. The first-order valence-electron chi connectivity index (χ1n) is 7.55. The van der Waals surface area contributed by atoms with Crippen molar-refractivity contribution in [3.63, 3.8) is 0 Å². The summed E-state index contributed by atoms with van der Waals surface area (Å²) >= 11 is 6.32. The Morgan fingerprint density at radius 1 is 1.29 bits per heavy atom. The van der Waals surface area contributed by atoms with E-state index in [1.54, 1.807) is 6.07 Å². The summed E-state index contributed by atoms with van der Waals surface area (Å²) in [6.45, 7) is 4.70. The normalized spacial score (nSPS) is 28.3. The molecule has 1 aromatic rings. The fourth-order valence-corrected chi connectivity index (χ4v) is 3.33. The molecule has 2 N–H and O–H groups in total. The van der Waals surface area contributed by atoms with Crippen LogP contribution in [-0.4, -0.2) is 18.6 Å². The van der Waals surface area contributed by atoms with Crippen molar-refractivity contribution in [1.29, 1.82) is 0 Å². The minimum absolute atomic E-state index is 0.0616. The van der Waals surface area contributed by atoms with E-state index >= 15 is 0 Å². The monoisotopic (exact) mass is 308 g/mol. The lowest BCUT2D eigenvalue weighted by Crippen LogP contribution is -2.30. The van der Waals surface area contributed by atoms with Crippen LogP contribution in [0.5, 0.6) is 5.75 Å². The predicted molar refractivity (Wildman–Crippen MR) is 85.2 cm³/mol. The van der Waals surface area contributed by atoms with Crippen molar-refractivity contribution in [2.45, 2.75) is 39.2 Å². The van der Waals surface area contributed by atoms with E-state index < -0.39 is 0 Å². The molecule has 2 aliphatic rings. The number of carbonyl (C=O) groups is 1. The van der Waals surface area contributed by atoms with Crippen LogP contribution in [0.15, 0.2) is 12.1 Å². The Morgan fingerprint density at radius 2 is 2.10 bits per heavy atom. The van der Waals surface area contributed by atoms with Gasteiger partial charge in [-0.15, -0.1) is 0 Å². The first-order valence-corrected chi connectivity index (χ1v) is 7.93. The molecule has 3 unspecified atom stereocenters. The molecule has 1 amide bonds. The number of rotatable bonds is 2. The zero-order valence-corrected chi connectivity index (χ0v) is 13.2. The second kappa shape index (κ2) is 5.76. The largest absolute Gasteiger partial charge is 0.482 e. The summed E-state index contributed by atoms with van der Waals surface area (Å²) in [6.07, 6.45) is 3.57. The molecule has 3 atom stereocenters. The van der Waals surface area contributed by atoms with Gasteiger partial charge in [0.15, 0.2) is 6.61 Å². The van der Waals surface area contributed by atoms with Gasteiger partial charge < -0.3 is 15.4 Å². The van der Waals surface area contributed by atoms with Crippen molar-refractivity contribution in [2.24, 2.45) is 11.8 Å². The summed E-state index contributed by atoms with van der Waals surface area (Å²) in [5.74, 6) is 2.05. The van der Waals surface area contributed by atoms with Gasteiger partial charge in [0.1, 0.15) is 5.75 Å². The molecule has 1 heterocycles. The maximum absolute atomic E-state index is 11.3. The highest BCUT2D eigenvalue weighted by atomic mass is 35.5. The van der Waals surface area contributed by atoms with Gasteiger partial charge in [-0.25, -0.2) is 0 Å². The average molecular weight is 309 g/mol. The highest BCUT2D eigenvalue weighted by Crippen LogP contribution is 2.38. The molecule has 0 bridgehead atoms. The van der Waals surface area contributed by atoms with Gasteiger partial charge in [-0.1, -0.05) is 25.4 Å². The minimum Gasteiger partial charge on any atom is -0.482 e. The van der Waals surface area contributed by atoms with Gasteiger partial charge >= 0.3 is 0 Å². The summed E-state index contributed by atoms with van der Waals surface area (Å²) < 4.78 is 5.45. The average Bonchev–Trinajstić information content (AvgIpc) is 2.44. The molecule has 1 fully saturated rings. The molecule has 0 spiro atoms. The zero-order valence-electron chi connectivity index (χ0n) is 12.4. The van der Waals surface area contributed by atoms with E-state index in [-0.39, 0.29) is 12.5 Å². The second-order valence-electron chi connectivity index (χ2n) is 6.27. The fourth-order valence-electron chi connectivity index (χ4n) is 3.11. The first kappa shape index (κ1) is 14.5. The van der Waals surface area contributed by atoms with E-state index in [1.807, 2.05) is 6.07 Å². The van der Waals surface area contributed by atoms with Crippen LogP contribution in [0.3, 0.4) is 0 Å². The van der Waals surface area contributed by atoms with Crippen LogP contribution >= 0.6 is 11.6 Å². The van der Waals surface area contributed by atoms with Crippen molar-refractivity contribution in [2.75, 3.05) is 17.2 Å². The maximum atomic E-state index is 11.3. The van der Waals surface area contributed by atoms with Crippen molar-refractivity contribution in [3.8, 4) is 5.75 Å². The third-order valence-electron chi connectivity index (χ3n) is 4.66. The molecule has 21 heavy (non-hydrogen) atoms. The van der Waals surface area contributed by atoms with Crippen LogP contribution < -0.4 is 15.4 Å². The molecule has 4 nitrogen and oxygen atoms in total. The molecule has 1 aliphatic heterocycles. The molecule has 0 radical (unpaired) electrons. The number of carbonyl (C=O) groups excluding carboxylic acids is 1. The summed E-state index contributed by atoms with van der Waals surface area (Å²) in [5, 5.41) is 6.92. The number of amides is 1. The van der Waals surface area contributed by atoms with Crippen molar-refractivity contribution >= 4 is 28.9 Å². The fraction of sp³-hybridized carbons (Fsp3) is 0.562. The molecule has 1 saturated carbocycles. The molecule has 1 aromatic carbocycles. The molecule has 114 valence electrons. The Kier molecular flexibility index (Phi) is 3.98. The number of ether oxygens (including phenoxy) is 1. The molecular formula is C16H21ClN2O2. The lowest BCUT2D eigenvalue weighted by atomic mass is 9.79. The van der Waals surface area contributed by atoms with Crippen LogP contribution in [0.25, 0.3) is 0 Å². The van der Waals surface area contributed by atoms with Crippen LogP contribution in [0.1, 0.15) is 33.1 Å². The van der Waals surface area contributed by atoms with Gasteiger partial charge in [0.25, 0.3) is 5.91 Å². The highest BCUT2D eigenvalue weighted by Gasteiger charge is 2.25. The topological polar surface area (TPSA) is 50.4 Å².